The quantitative estimate of drug-likeness (QED) is 0.115. The number of benzene rings is 11. The third kappa shape index (κ3) is 3.21. The van der Waals surface area contributed by atoms with Crippen LogP contribution in [0.4, 0.5) is 0 Å². The Morgan fingerprint density at radius 2 is 0.672 bits per heavy atom. The summed E-state index contributed by atoms with van der Waals surface area (Å²) in [5.74, 6) is 0. The number of rotatable bonds is 0. The molecule has 0 bridgehead atoms. The van der Waals surface area contributed by atoms with Crippen LogP contribution in [0.2, 0.25) is 0 Å². The minimum Gasteiger partial charge on any atom is -0.268 e. The first kappa shape index (κ1) is 29.3. The molecule has 4 aromatic heterocycles. The first-order valence-corrected chi connectivity index (χ1v) is 19.6. The van der Waals surface area contributed by atoms with E-state index in [0.29, 0.717) is 22.1 Å². The number of fused-ring (bicyclic) bond motifs is 12. The third-order valence-electron chi connectivity index (χ3n) is 13.3. The summed E-state index contributed by atoms with van der Waals surface area (Å²) >= 11 is 0. The zero-order valence-corrected chi connectivity index (χ0v) is 30.5. The molecule has 264 valence electrons. The summed E-state index contributed by atoms with van der Waals surface area (Å²) in [7, 11) is 0. The molecule has 0 aliphatic carbocycles. The maximum absolute atomic E-state index is 15.0. The van der Waals surface area contributed by atoms with Crippen LogP contribution in [-0.4, -0.2) is 18.8 Å². The second-order valence-electron chi connectivity index (χ2n) is 15.9. The van der Waals surface area contributed by atoms with Gasteiger partial charge in [0.25, 0.3) is 11.1 Å². The average Bonchev–Trinajstić information content (AvgIpc) is 3.26. The molecule has 6 nitrogen and oxygen atoms in total. The van der Waals surface area contributed by atoms with Gasteiger partial charge in [0.1, 0.15) is 11.3 Å². The molecule has 0 aliphatic heterocycles. The van der Waals surface area contributed by atoms with E-state index < -0.39 is 0 Å². The molecule has 0 fully saturated rings. The fraction of sp³-hybridized carbons (Fsp3) is 0. The predicted octanol–water partition coefficient (Wildman–Crippen LogP) is 11.9. The van der Waals surface area contributed by atoms with Crippen molar-refractivity contribution in [2.24, 2.45) is 0 Å². The van der Waals surface area contributed by atoms with Crippen LogP contribution >= 0.6 is 0 Å². The van der Waals surface area contributed by atoms with Crippen LogP contribution < -0.4 is 11.1 Å². The van der Waals surface area contributed by atoms with Crippen LogP contribution in [-0.2, 0) is 0 Å². The van der Waals surface area contributed by atoms with Gasteiger partial charge in [-0.15, -0.1) is 0 Å². The second-order valence-corrected chi connectivity index (χ2v) is 15.9. The molecule has 15 aromatic rings. The molecule has 15 rings (SSSR count). The van der Waals surface area contributed by atoms with Gasteiger partial charge in [0.15, 0.2) is 0 Å². The smallest absolute Gasteiger partial charge is 0.264 e. The van der Waals surface area contributed by atoms with Crippen LogP contribution in [0.5, 0.6) is 0 Å². The van der Waals surface area contributed by atoms with E-state index in [2.05, 4.69) is 84.9 Å². The van der Waals surface area contributed by atoms with Crippen molar-refractivity contribution in [3.05, 3.63) is 166 Å². The minimum absolute atomic E-state index is 0.0815. The van der Waals surface area contributed by atoms with Crippen LogP contribution in [0, 0.1) is 0 Å². The first-order valence-electron chi connectivity index (χ1n) is 19.6. The summed E-state index contributed by atoms with van der Waals surface area (Å²) in [6, 6.07) is 50.2. The summed E-state index contributed by atoms with van der Waals surface area (Å²) < 4.78 is 3.70. The van der Waals surface area contributed by atoms with Crippen molar-refractivity contribution < 1.29 is 0 Å². The van der Waals surface area contributed by atoms with E-state index >= 15 is 9.59 Å². The van der Waals surface area contributed by atoms with Crippen molar-refractivity contribution in [3.8, 4) is 0 Å². The molecule has 0 radical (unpaired) electrons. The topological polar surface area (TPSA) is 68.7 Å². The molecule has 0 unspecified atom stereocenters. The molecule has 0 N–H and O–H groups in total. The second kappa shape index (κ2) is 9.70. The van der Waals surface area contributed by atoms with Crippen molar-refractivity contribution in [1.82, 2.24) is 18.8 Å². The van der Waals surface area contributed by atoms with Gasteiger partial charge in [0.2, 0.25) is 0 Å². The van der Waals surface area contributed by atoms with Gasteiger partial charge in [-0.1, -0.05) is 97.1 Å². The molecule has 0 amide bonds. The Kier molecular flexibility index (Phi) is 4.91. The lowest BCUT2D eigenvalue weighted by Crippen LogP contribution is -2.17. The van der Waals surface area contributed by atoms with Gasteiger partial charge in [-0.25, -0.2) is 9.97 Å². The van der Waals surface area contributed by atoms with Crippen LogP contribution in [0.25, 0.3) is 141 Å². The van der Waals surface area contributed by atoms with E-state index in [-0.39, 0.29) is 11.1 Å². The zero-order chi connectivity index (χ0) is 37.7. The Balaban J connectivity index is 1.14. The minimum atomic E-state index is -0.0815. The highest BCUT2D eigenvalue weighted by Gasteiger charge is 2.25. The largest absolute Gasteiger partial charge is 0.268 e. The highest BCUT2D eigenvalue weighted by Crippen LogP contribution is 2.46. The predicted molar refractivity (Wildman–Crippen MR) is 240 cm³/mol. The SMILES string of the molecule is O=c1c2ccc3c4ccc5c6c(ccc(c7ccc(c2c37)c2nc3cccc7cc8ccccc8c(c73)n12)c46)c(=O)n1c5nc2cccc3cc4ccccc4c1c32. The molecule has 0 saturated carbocycles. The van der Waals surface area contributed by atoms with Crippen molar-refractivity contribution in [1.29, 1.82) is 0 Å². The molecule has 58 heavy (non-hydrogen) atoms. The lowest BCUT2D eigenvalue weighted by Gasteiger charge is -2.20. The molecular formula is C52H24N4O2. The van der Waals surface area contributed by atoms with Gasteiger partial charge in [0, 0.05) is 53.9 Å². The number of pyridine rings is 2. The van der Waals surface area contributed by atoms with Gasteiger partial charge in [-0.3, -0.25) is 18.4 Å². The molecular weight excluding hydrogens is 713 g/mol. The summed E-state index contributed by atoms with van der Waals surface area (Å²) in [4.78, 5) is 40.6. The molecule has 11 aromatic carbocycles. The Labute approximate surface area is 325 Å². The Hall–Kier alpha value is -7.96. The van der Waals surface area contributed by atoms with Gasteiger partial charge in [-0.2, -0.15) is 0 Å². The van der Waals surface area contributed by atoms with Gasteiger partial charge in [-0.05, 0) is 102 Å². The van der Waals surface area contributed by atoms with E-state index in [9.17, 15) is 0 Å². The van der Waals surface area contributed by atoms with Crippen LogP contribution in [0.3, 0.4) is 0 Å². The monoisotopic (exact) mass is 736 g/mol. The first-order chi connectivity index (χ1) is 28.6. The van der Waals surface area contributed by atoms with Crippen molar-refractivity contribution in [3.63, 3.8) is 0 Å². The standard InChI is InChI=1S/C52H24N4O2/c57-51-37-21-17-33-32-16-20-36-46-38(52(58)56-48-30-12-4-2-8-26(30)24-28-10-6-14-40(42(28)48)54-50(36)56)22-18-34(44(32)46)31-15-19-35(45(37)43(31)33)49-53-39-13-5-9-27-23-25-7-1-3-11-29(25)47(41(27)39)55(49)51/h1-24H. The van der Waals surface area contributed by atoms with E-state index in [4.69, 9.17) is 9.97 Å². The van der Waals surface area contributed by atoms with Crippen LogP contribution in [0.1, 0.15) is 0 Å². The van der Waals surface area contributed by atoms with Crippen molar-refractivity contribution in [2.75, 3.05) is 0 Å². The van der Waals surface area contributed by atoms with Crippen molar-refractivity contribution >= 4 is 141 Å². The highest BCUT2D eigenvalue weighted by atomic mass is 16.1. The molecule has 6 heteroatoms. The summed E-state index contributed by atoms with van der Waals surface area (Å²) in [5, 5.41) is 19.6. The van der Waals surface area contributed by atoms with Crippen molar-refractivity contribution in [2.45, 2.75) is 0 Å². The summed E-state index contributed by atoms with van der Waals surface area (Å²) in [5.41, 5.74) is 4.64. The average molecular weight is 737 g/mol. The number of hydrogen-bond donors (Lipinski definition) is 0. The molecule has 0 aliphatic rings. The zero-order valence-electron chi connectivity index (χ0n) is 30.5. The maximum atomic E-state index is 15.0. The lowest BCUT2D eigenvalue weighted by molar-refractivity contribution is 1.15. The number of aromatic nitrogens is 4. The Morgan fingerprint density at radius 3 is 1.12 bits per heavy atom. The number of hydrogen-bond acceptors (Lipinski definition) is 4. The highest BCUT2D eigenvalue weighted by molar-refractivity contribution is 6.41. The van der Waals surface area contributed by atoms with E-state index in [1.54, 1.807) is 0 Å². The molecule has 0 atom stereocenters. The van der Waals surface area contributed by atoms with E-state index in [1.165, 1.54) is 0 Å². The molecule has 0 saturated heterocycles. The summed E-state index contributed by atoms with van der Waals surface area (Å²) in [6.45, 7) is 0. The fourth-order valence-electron chi connectivity index (χ4n) is 11.0. The number of nitrogens with zero attached hydrogens (tertiary/aromatic N) is 4. The molecule has 4 heterocycles. The third-order valence-corrected chi connectivity index (χ3v) is 13.3. The van der Waals surface area contributed by atoms with E-state index in [0.717, 1.165) is 119 Å². The van der Waals surface area contributed by atoms with Gasteiger partial charge < -0.3 is 0 Å². The Morgan fingerprint density at radius 1 is 0.310 bits per heavy atom. The fourth-order valence-corrected chi connectivity index (χ4v) is 11.0. The Bertz CT molecular complexity index is 4230. The van der Waals surface area contributed by atoms with Crippen LogP contribution in [0.15, 0.2) is 155 Å². The molecule has 0 spiro atoms. The normalized spacial score (nSPS) is 13.0. The maximum Gasteiger partial charge on any atom is 0.264 e. The van der Waals surface area contributed by atoms with Gasteiger partial charge >= 0.3 is 0 Å². The van der Waals surface area contributed by atoms with Gasteiger partial charge in [0.05, 0.1) is 22.1 Å². The van der Waals surface area contributed by atoms with E-state index in [1.807, 2.05) is 69.5 Å². The lowest BCUT2D eigenvalue weighted by atomic mass is 9.86. The summed E-state index contributed by atoms with van der Waals surface area (Å²) in [6.07, 6.45) is 0.